The normalized spacial score (nSPS) is 12.1. The third-order valence-corrected chi connectivity index (χ3v) is 3.17. The van der Waals surface area contributed by atoms with Crippen molar-refractivity contribution in [3.63, 3.8) is 0 Å². The highest BCUT2D eigenvalue weighted by Crippen LogP contribution is 2.25. The predicted molar refractivity (Wildman–Crippen MR) is 75.1 cm³/mol. The first-order valence-corrected chi connectivity index (χ1v) is 6.40. The van der Waals surface area contributed by atoms with Gasteiger partial charge in [-0.1, -0.05) is 0 Å². The fourth-order valence-corrected chi connectivity index (χ4v) is 2.12. The molecule has 2 rings (SSSR count). The molecule has 2 heterocycles. The van der Waals surface area contributed by atoms with Crippen molar-refractivity contribution >= 4 is 0 Å². The van der Waals surface area contributed by atoms with Crippen LogP contribution in [0.2, 0.25) is 0 Å². The molecule has 0 bridgehead atoms. The summed E-state index contributed by atoms with van der Waals surface area (Å²) in [5.74, 6) is 0.830. The minimum absolute atomic E-state index is 0.185. The molecule has 2 aromatic rings. The molecule has 0 saturated carbocycles. The summed E-state index contributed by atoms with van der Waals surface area (Å²) < 4.78 is 5.37. The van der Waals surface area contributed by atoms with E-state index in [-0.39, 0.29) is 6.04 Å². The maximum atomic E-state index is 5.37. The zero-order chi connectivity index (χ0) is 13.5. The van der Waals surface area contributed by atoms with E-state index in [4.69, 9.17) is 4.74 Å². The van der Waals surface area contributed by atoms with Gasteiger partial charge in [-0.2, -0.15) is 0 Å². The summed E-state index contributed by atoms with van der Waals surface area (Å²) in [6, 6.07) is 8.10. The standard InChI is InChI=1S/C15H19N3O/c1-16-13(6-5-12-7-10-17-11-8-12)15-14(19-2)4-3-9-18-15/h3-4,7-11,13,16H,5-6H2,1-2H3. The first-order chi connectivity index (χ1) is 9.35. The van der Waals surface area contributed by atoms with E-state index in [1.54, 1.807) is 13.3 Å². The second kappa shape index (κ2) is 6.85. The number of methoxy groups -OCH3 is 1. The van der Waals surface area contributed by atoms with Gasteiger partial charge < -0.3 is 10.1 Å². The van der Waals surface area contributed by atoms with Crippen LogP contribution in [-0.4, -0.2) is 24.1 Å². The van der Waals surface area contributed by atoms with Gasteiger partial charge in [0.2, 0.25) is 0 Å². The van der Waals surface area contributed by atoms with Gasteiger partial charge in [0.05, 0.1) is 18.8 Å². The molecule has 2 aromatic heterocycles. The lowest BCUT2D eigenvalue weighted by molar-refractivity contribution is 0.393. The SMILES string of the molecule is CNC(CCc1ccncc1)c1ncccc1OC. The maximum Gasteiger partial charge on any atom is 0.141 e. The second-order valence-electron chi connectivity index (χ2n) is 4.33. The number of aryl methyl sites for hydroxylation is 1. The van der Waals surface area contributed by atoms with Crippen molar-refractivity contribution in [2.45, 2.75) is 18.9 Å². The van der Waals surface area contributed by atoms with Crippen molar-refractivity contribution in [1.29, 1.82) is 0 Å². The summed E-state index contributed by atoms with van der Waals surface area (Å²) in [6.07, 6.45) is 7.40. The molecule has 1 atom stereocenters. The van der Waals surface area contributed by atoms with Gasteiger partial charge in [0.1, 0.15) is 5.75 Å². The molecule has 0 aliphatic rings. The zero-order valence-corrected chi connectivity index (χ0v) is 11.3. The molecule has 0 saturated heterocycles. The molecule has 1 N–H and O–H groups in total. The van der Waals surface area contributed by atoms with Crippen molar-refractivity contribution in [2.75, 3.05) is 14.2 Å². The number of hydrogen-bond donors (Lipinski definition) is 1. The Bertz CT molecular complexity index is 502. The molecule has 100 valence electrons. The summed E-state index contributed by atoms with van der Waals surface area (Å²) in [4.78, 5) is 8.46. The Kier molecular flexibility index (Phi) is 4.86. The molecule has 0 aliphatic carbocycles. The Labute approximate surface area is 113 Å². The molecule has 0 aliphatic heterocycles. The molecule has 0 amide bonds. The van der Waals surface area contributed by atoms with E-state index in [9.17, 15) is 0 Å². The van der Waals surface area contributed by atoms with E-state index in [2.05, 4.69) is 15.3 Å². The number of hydrogen-bond acceptors (Lipinski definition) is 4. The Morgan fingerprint density at radius 1 is 1.21 bits per heavy atom. The summed E-state index contributed by atoms with van der Waals surface area (Å²) in [5, 5.41) is 3.31. The highest BCUT2D eigenvalue weighted by molar-refractivity contribution is 5.29. The van der Waals surface area contributed by atoms with Gasteiger partial charge in [0, 0.05) is 18.6 Å². The number of ether oxygens (including phenoxy) is 1. The van der Waals surface area contributed by atoms with Gasteiger partial charge >= 0.3 is 0 Å². The number of pyridine rings is 2. The van der Waals surface area contributed by atoms with Crippen LogP contribution >= 0.6 is 0 Å². The van der Waals surface area contributed by atoms with Gasteiger partial charge in [0.25, 0.3) is 0 Å². The molecular weight excluding hydrogens is 238 g/mol. The van der Waals surface area contributed by atoms with Crippen molar-refractivity contribution in [3.8, 4) is 5.75 Å². The quantitative estimate of drug-likeness (QED) is 0.863. The first kappa shape index (κ1) is 13.5. The molecule has 1 unspecified atom stereocenters. The van der Waals surface area contributed by atoms with Crippen LogP contribution in [0.3, 0.4) is 0 Å². The average molecular weight is 257 g/mol. The fourth-order valence-electron chi connectivity index (χ4n) is 2.12. The monoisotopic (exact) mass is 257 g/mol. The first-order valence-electron chi connectivity index (χ1n) is 6.40. The van der Waals surface area contributed by atoms with E-state index in [1.807, 2.05) is 43.7 Å². The molecule has 4 heteroatoms. The van der Waals surface area contributed by atoms with E-state index in [1.165, 1.54) is 5.56 Å². The van der Waals surface area contributed by atoms with Crippen LogP contribution in [-0.2, 0) is 6.42 Å². The topological polar surface area (TPSA) is 47.0 Å². The van der Waals surface area contributed by atoms with Crippen LogP contribution in [0.1, 0.15) is 23.7 Å². The van der Waals surface area contributed by atoms with E-state index in [0.717, 1.165) is 24.3 Å². The molecular formula is C15H19N3O. The van der Waals surface area contributed by atoms with Crippen molar-refractivity contribution < 1.29 is 4.74 Å². The smallest absolute Gasteiger partial charge is 0.141 e. The van der Waals surface area contributed by atoms with E-state index in [0.29, 0.717) is 0 Å². The summed E-state index contributed by atoms with van der Waals surface area (Å²) in [6.45, 7) is 0. The lowest BCUT2D eigenvalue weighted by Gasteiger charge is -2.18. The van der Waals surface area contributed by atoms with E-state index < -0.39 is 0 Å². The summed E-state index contributed by atoms with van der Waals surface area (Å²) >= 11 is 0. The molecule has 0 aromatic carbocycles. The van der Waals surface area contributed by atoms with Crippen LogP contribution in [0.5, 0.6) is 5.75 Å². The highest BCUT2D eigenvalue weighted by atomic mass is 16.5. The average Bonchev–Trinajstić information content (AvgIpc) is 2.49. The molecule has 19 heavy (non-hydrogen) atoms. The third-order valence-electron chi connectivity index (χ3n) is 3.17. The minimum Gasteiger partial charge on any atom is -0.495 e. The van der Waals surface area contributed by atoms with Gasteiger partial charge in [-0.3, -0.25) is 9.97 Å². The van der Waals surface area contributed by atoms with Crippen LogP contribution in [0.25, 0.3) is 0 Å². The van der Waals surface area contributed by atoms with Crippen LogP contribution in [0.4, 0.5) is 0 Å². The van der Waals surface area contributed by atoms with Crippen LogP contribution < -0.4 is 10.1 Å². The van der Waals surface area contributed by atoms with Gasteiger partial charge in [0.15, 0.2) is 0 Å². The molecule has 0 fully saturated rings. The number of rotatable bonds is 6. The predicted octanol–water partition coefficient (Wildman–Crippen LogP) is 2.38. The fraction of sp³-hybridized carbons (Fsp3) is 0.333. The maximum absolute atomic E-state index is 5.37. The largest absolute Gasteiger partial charge is 0.495 e. The zero-order valence-electron chi connectivity index (χ0n) is 11.3. The van der Waals surface area contributed by atoms with Gasteiger partial charge in [-0.25, -0.2) is 0 Å². The Balaban J connectivity index is 2.08. The number of nitrogens with zero attached hydrogens (tertiary/aromatic N) is 2. The van der Waals surface area contributed by atoms with Crippen LogP contribution in [0.15, 0.2) is 42.9 Å². The lowest BCUT2D eigenvalue weighted by atomic mass is 10.0. The number of aromatic nitrogens is 2. The Morgan fingerprint density at radius 2 is 2.00 bits per heavy atom. The number of nitrogens with one attached hydrogen (secondary N) is 1. The summed E-state index contributed by atoms with van der Waals surface area (Å²) in [5.41, 5.74) is 2.24. The third kappa shape index (κ3) is 3.51. The molecule has 0 spiro atoms. The van der Waals surface area contributed by atoms with Crippen molar-refractivity contribution in [3.05, 3.63) is 54.1 Å². The molecule has 4 nitrogen and oxygen atoms in total. The van der Waals surface area contributed by atoms with Gasteiger partial charge in [-0.15, -0.1) is 0 Å². The second-order valence-corrected chi connectivity index (χ2v) is 4.33. The Morgan fingerprint density at radius 3 is 2.68 bits per heavy atom. The van der Waals surface area contributed by atoms with Gasteiger partial charge in [-0.05, 0) is 49.7 Å². The Hall–Kier alpha value is -1.94. The molecule has 0 radical (unpaired) electrons. The summed E-state index contributed by atoms with van der Waals surface area (Å²) in [7, 11) is 3.63. The van der Waals surface area contributed by atoms with Crippen molar-refractivity contribution in [1.82, 2.24) is 15.3 Å². The lowest BCUT2D eigenvalue weighted by Crippen LogP contribution is -2.19. The minimum atomic E-state index is 0.185. The van der Waals surface area contributed by atoms with Crippen LogP contribution in [0, 0.1) is 0 Å². The highest BCUT2D eigenvalue weighted by Gasteiger charge is 2.15. The van der Waals surface area contributed by atoms with E-state index >= 15 is 0 Å². The van der Waals surface area contributed by atoms with Crippen molar-refractivity contribution in [2.24, 2.45) is 0 Å².